The average molecular weight is 347 g/mol. The molecule has 1 heterocycles. The van der Waals surface area contributed by atoms with Crippen LogP contribution in [0.5, 0.6) is 0 Å². The molecule has 3 rings (SSSR count). The number of amides is 1. The van der Waals surface area contributed by atoms with Crippen molar-refractivity contribution in [3.63, 3.8) is 0 Å². The van der Waals surface area contributed by atoms with Crippen LogP contribution < -0.4 is 10.0 Å². The first-order valence-electron chi connectivity index (χ1n) is 6.99. The lowest BCUT2D eigenvalue weighted by Crippen LogP contribution is -2.46. The number of carbonyl (C=O) groups excluding carboxylic acids is 1. The first-order chi connectivity index (χ1) is 11.3. The number of nitro benzene ring substituents is 1. The third-order valence-corrected chi connectivity index (χ3v) is 5.72. The van der Waals surface area contributed by atoms with E-state index in [9.17, 15) is 23.3 Å². The molecule has 0 bridgehead atoms. The van der Waals surface area contributed by atoms with Crippen molar-refractivity contribution in [1.82, 2.24) is 0 Å². The molecule has 24 heavy (non-hydrogen) atoms. The fourth-order valence-corrected chi connectivity index (χ4v) is 4.62. The molecule has 8 nitrogen and oxygen atoms in total. The Labute approximate surface area is 137 Å². The van der Waals surface area contributed by atoms with Crippen molar-refractivity contribution in [2.24, 2.45) is 5.73 Å². The highest BCUT2D eigenvalue weighted by atomic mass is 32.2. The molecule has 0 spiro atoms. The van der Waals surface area contributed by atoms with Gasteiger partial charge >= 0.3 is 0 Å². The summed E-state index contributed by atoms with van der Waals surface area (Å²) in [6.45, 7) is 0. The van der Waals surface area contributed by atoms with Gasteiger partial charge < -0.3 is 5.73 Å². The summed E-state index contributed by atoms with van der Waals surface area (Å²) in [4.78, 5) is 21.7. The normalized spacial score (nSPS) is 16.7. The van der Waals surface area contributed by atoms with Gasteiger partial charge in [0.15, 0.2) is 4.90 Å². The summed E-state index contributed by atoms with van der Waals surface area (Å²) in [6.07, 6.45) is 0.130. The molecule has 9 heteroatoms. The standard InChI is InChI=1S/C15H13N3O5S/c16-15(19)13-9-10-5-1-2-6-11(10)17(13)24(22,23)14-8-4-3-7-12(14)18(20)21/h1-8,13H,9H2,(H2,16,19). The number of nitrogens with two attached hydrogens (primary N) is 1. The van der Waals surface area contributed by atoms with Crippen LogP contribution >= 0.6 is 0 Å². The number of sulfonamides is 1. The van der Waals surface area contributed by atoms with Crippen LogP contribution in [0, 0.1) is 10.1 Å². The molecular formula is C15H13N3O5S. The number of anilines is 1. The Morgan fingerprint density at radius 1 is 1.17 bits per heavy atom. The molecule has 2 aromatic rings. The van der Waals surface area contributed by atoms with Gasteiger partial charge in [0.1, 0.15) is 6.04 Å². The zero-order valence-corrected chi connectivity index (χ0v) is 13.1. The number of hydrogen-bond acceptors (Lipinski definition) is 5. The number of nitrogens with zero attached hydrogens (tertiary/aromatic N) is 2. The topological polar surface area (TPSA) is 124 Å². The molecule has 0 fully saturated rings. The van der Waals surface area contributed by atoms with E-state index in [1.807, 2.05) is 0 Å². The molecule has 2 N–H and O–H groups in total. The second kappa shape index (κ2) is 5.60. The van der Waals surface area contributed by atoms with Gasteiger partial charge in [-0.1, -0.05) is 30.3 Å². The smallest absolute Gasteiger partial charge is 0.289 e. The Morgan fingerprint density at radius 2 is 1.79 bits per heavy atom. The third kappa shape index (κ3) is 2.38. The molecule has 2 aromatic carbocycles. The maximum absolute atomic E-state index is 13.1. The first kappa shape index (κ1) is 15.9. The second-order valence-corrected chi connectivity index (χ2v) is 7.06. The number of hydrogen-bond donors (Lipinski definition) is 1. The van der Waals surface area contributed by atoms with Crippen molar-refractivity contribution in [2.75, 3.05) is 4.31 Å². The first-order valence-corrected chi connectivity index (χ1v) is 8.43. The Kier molecular flexibility index (Phi) is 3.72. The maximum atomic E-state index is 13.1. The van der Waals surface area contributed by atoms with Crippen LogP contribution in [0.4, 0.5) is 11.4 Å². The van der Waals surface area contributed by atoms with Crippen molar-refractivity contribution in [3.05, 3.63) is 64.2 Å². The van der Waals surface area contributed by atoms with E-state index in [2.05, 4.69) is 0 Å². The molecule has 1 amide bonds. The van der Waals surface area contributed by atoms with Gasteiger partial charge in [0, 0.05) is 12.5 Å². The van der Waals surface area contributed by atoms with Crippen molar-refractivity contribution in [3.8, 4) is 0 Å². The van der Waals surface area contributed by atoms with E-state index in [1.165, 1.54) is 12.1 Å². The predicted octanol–water partition coefficient (Wildman–Crippen LogP) is 1.20. The van der Waals surface area contributed by atoms with Gasteiger partial charge in [-0.25, -0.2) is 8.42 Å². The van der Waals surface area contributed by atoms with Crippen LogP contribution in [0.25, 0.3) is 0 Å². The minimum Gasteiger partial charge on any atom is -0.368 e. The van der Waals surface area contributed by atoms with Crippen LogP contribution in [0.3, 0.4) is 0 Å². The number of fused-ring (bicyclic) bond motifs is 1. The Balaban J connectivity index is 2.22. The number of primary amides is 1. The minimum absolute atomic E-state index is 0.130. The molecule has 124 valence electrons. The predicted molar refractivity (Wildman–Crippen MR) is 85.9 cm³/mol. The van der Waals surface area contributed by atoms with Gasteiger partial charge in [0.2, 0.25) is 5.91 Å². The van der Waals surface area contributed by atoms with Gasteiger partial charge in [0.05, 0.1) is 10.6 Å². The van der Waals surface area contributed by atoms with Gasteiger partial charge in [-0.15, -0.1) is 0 Å². The second-order valence-electron chi connectivity index (χ2n) is 5.28. The Bertz CT molecular complexity index is 942. The van der Waals surface area contributed by atoms with E-state index in [-0.39, 0.29) is 6.42 Å². The molecule has 1 unspecified atom stereocenters. The summed E-state index contributed by atoms with van der Waals surface area (Å²) in [6, 6.07) is 10.5. The minimum atomic E-state index is -4.33. The van der Waals surface area contributed by atoms with Crippen LogP contribution in [-0.4, -0.2) is 25.3 Å². The SMILES string of the molecule is NC(=O)C1Cc2ccccc2N1S(=O)(=O)c1ccccc1[N+](=O)[O-]. The van der Waals surface area contributed by atoms with Crippen LogP contribution in [0.2, 0.25) is 0 Å². The summed E-state index contributed by atoms with van der Waals surface area (Å²) in [5.41, 5.74) is 5.76. The van der Waals surface area contributed by atoms with Gasteiger partial charge in [-0.3, -0.25) is 19.2 Å². The maximum Gasteiger partial charge on any atom is 0.289 e. The lowest BCUT2D eigenvalue weighted by Gasteiger charge is -2.24. The fraction of sp³-hybridized carbons (Fsp3) is 0.133. The lowest BCUT2D eigenvalue weighted by molar-refractivity contribution is -0.387. The Hall–Kier alpha value is -2.94. The number of para-hydroxylation sites is 2. The average Bonchev–Trinajstić information content (AvgIpc) is 2.95. The van der Waals surface area contributed by atoms with E-state index < -0.39 is 37.5 Å². The highest BCUT2D eigenvalue weighted by Gasteiger charge is 2.43. The molecule has 0 aliphatic carbocycles. The van der Waals surface area contributed by atoms with E-state index in [1.54, 1.807) is 24.3 Å². The third-order valence-electron chi connectivity index (χ3n) is 3.85. The van der Waals surface area contributed by atoms with Crippen molar-refractivity contribution in [1.29, 1.82) is 0 Å². The van der Waals surface area contributed by atoms with Crippen LogP contribution in [-0.2, 0) is 21.2 Å². The summed E-state index contributed by atoms with van der Waals surface area (Å²) in [7, 11) is -4.33. The van der Waals surface area contributed by atoms with Crippen molar-refractivity contribution < 1.29 is 18.1 Å². The van der Waals surface area contributed by atoms with Gasteiger partial charge in [0.25, 0.3) is 15.7 Å². The van der Waals surface area contributed by atoms with Gasteiger partial charge in [-0.05, 0) is 17.7 Å². The highest BCUT2D eigenvalue weighted by molar-refractivity contribution is 7.93. The molecule has 1 aliphatic heterocycles. The molecule has 0 saturated carbocycles. The summed E-state index contributed by atoms with van der Waals surface area (Å²) in [5.74, 6) is -0.812. The summed E-state index contributed by atoms with van der Waals surface area (Å²) >= 11 is 0. The van der Waals surface area contributed by atoms with Crippen molar-refractivity contribution in [2.45, 2.75) is 17.4 Å². The summed E-state index contributed by atoms with van der Waals surface area (Å²) in [5, 5.41) is 11.2. The van der Waals surface area contributed by atoms with Gasteiger partial charge in [-0.2, -0.15) is 0 Å². The largest absolute Gasteiger partial charge is 0.368 e. The monoisotopic (exact) mass is 347 g/mol. The van der Waals surface area contributed by atoms with Crippen LogP contribution in [0.15, 0.2) is 53.4 Å². The molecule has 0 aromatic heterocycles. The van der Waals surface area contributed by atoms with E-state index in [0.717, 1.165) is 16.4 Å². The number of benzene rings is 2. The molecular weight excluding hydrogens is 334 g/mol. The van der Waals surface area contributed by atoms with E-state index >= 15 is 0 Å². The number of rotatable bonds is 4. The number of carbonyl (C=O) groups is 1. The number of nitro groups is 1. The van der Waals surface area contributed by atoms with Crippen LogP contribution in [0.1, 0.15) is 5.56 Å². The molecule has 0 radical (unpaired) electrons. The summed E-state index contributed by atoms with van der Waals surface area (Å²) < 4.78 is 27.0. The Morgan fingerprint density at radius 3 is 2.46 bits per heavy atom. The molecule has 1 atom stereocenters. The quantitative estimate of drug-likeness (QED) is 0.657. The van der Waals surface area contributed by atoms with Crippen molar-refractivity contribution >= 4 is 27.3 Å². The van der Waals surface area contributed by atoms with E-state index in [4.69, 9.17) is 5.73 Å². The fourth-order valence-electron chi connectivity index (χ4n) is 2.80. The zero-order chi connectivity index (χ0) is 17.5. The molecule has 1 aliphatic rings. The van der Waals surface area contributed by atoms with E-state index in [0.29, 0.717) is 11.3 Å². The zero-order valence-electron chi connectivity index (χ0n) is 12.3. The molecule has 0 saturated heterocycles. The highest BCUT2D eigenvalue weighted by Crippen LogP contribution is 2.38. The lowest BCUT2D eigenvalue weighted by atomic mass is 10.1.